The smallest absolute Gasteiger partial charge is 0.338 e. The number of carbonyl (C=O) groups is 1. The zero-order chi connectivity index (χ0) is 21.4. The molecule has 1 aliphatic heterocycles. The number of alkyl halides is 1. The number of ether oxygens (including phenoxy) is 2. The highest BCUT2D eigenvalue weighted by Crippen LogP contribution is 2.72. The largest absolute Gasteiger partial charge is 0.458 e. The number of fused-ring (bicyclic) bond motifs is 3. The van der Waals surface area contributed by atoms with Crippen molar-refractivity contribution in [1.29, 1.82) is 0 Å². The number of hydrogen-bond acceptors (Lipinski definition) is 4. The summed E-state index contributed by atoms with van der Waals surface area (Å²) in [4.78, 5) is 12.8. The van der Waals surface area contributed by atoms with Crippen molar-refractivity contribution >= 4 is 21.9 Å². The third-order valence-corrected chi connectivity index (χ3v) is 11.8. The zero-order valence-corrected chi connectivity index (χ0v) is 19.9. The molecule has 0 spiro atoms. The lowest BCUT2D eigenvalue weighted by Crippen LogP contribution is -2.63. The highest BCUT2D eigenvalue weighted by atomic mass is 79.9. The summed E-state index contributed by atoms with van der Waals surface area (Å²) < 4.78 is 12.5. The van der Waals surface area contributed by atoms with Gasteiger partial charge in [0.1, 0.15) is 6.10 Å². The van der Waals surface area contributed by atoms with Crippen LogP contribution in [0.1, 0.15) is 68.6 Å². The molecule has 5 aliphatic rings. The van der Waals surface area contributed by atoms with Crippen molar-refractivity contribution in [2.24, 2.45) is 28.6 Å². The van der Waals surface area contributed by atoms with Crippen molar-refractivity contribution in [1.82, 2.24) is 0 Å². The van der Waals surface area contributed by atoms with Crippen molar-refractivity contribution in [3.8, 4) is 0 Å². The molecule has 0 aromatic heterocycles. The first-order chi connectivity index (χ1) is 14.9. The summed E-state index contributed by atoms with van der Waals surface area (Å²) in [5.41, 5.74) is 0.860. The predicted molar refractivity (Wildman–Crippen MR) is 121 cm³/mol. The first kappa shape index (κ1) is 20.7. The van der Waals surface area contributed by atoms with Crippen LogP contribution >= 0.6 is 15.9 Å². The molecule has 0 unspecified atom stereocenters. The molecule has 5 heteroatoms. The van der Waals surface area contributed by atoms with Crippen LogP contribution in [0, 0.1) is 28.6 Å². The van der Waals surface area contributed by atoms with Crippen molar-refractivity contribution in [2.75, 3.05) is 6.61 Å². The lowest BCUT2D eigenvalue weighted by atomic mass is 9.45. The lowest BCUT2D eigenvalue weighted by Gasteiger charge is -2.62. The van der Waals surface area contributed by atoms with Gasteiger partial charge in [0.2, 0.25) is 0 Å². The molecule has 168 valence electrons. The summed E-state index contributed by atoms with van der Waals surface area (Å²) in [6, 6.07) is 9.41. The second-order valence-corrected chi connectivity index (χ2v) is 12.6. The summed E-state index contributed by atoms with van der Waals surface area (Å²) in [5, 5.41) is 10.4. The maximum atomic E-state index is 12.8. The molecular weight excluding hydrogens is 456 g/mol. The van der Waals surface area contributed by atoms with Crippen LogP contribution in [0.4, 0.5) is 0 Å². The van der Waals surface area contributed by atoms with Crippen LogP contribution in [-0.4, -0.2) is 40.3 Å². The van der Waals surface area contributed by atoms with Crippen LogP contribution in [0.15, 0.2) is 30.3 Å². The van der Waals surface area contributed by atoms with Crippen LogP contribution in [-0.2, 0) is 9.47 Å². The Bertz CT molecular complexity index is 875. The molecular formula is C26H33BrO4. The number of aliphatic hydroxyl groups is 1. The van der Waals surface area contributed by atoms with Crippen molar-refractivity contribution in [3.63, 3.8) is 0 Å². The first-order valence-electron chi connectivity index (χ1n) is 12.1. The van der Waals surface area contributed by atoms with Gasteiger partial charge in [-0.25, -0.2) is 4.79 Å². The van der Waals surface area contributed by atoms with Crippen molar-refractivity contribution in [3.05, 3.63) is 35.9 Å². The van der Waals surface area contributed by atoms with Gasteiger partial charge in [0, 0.05) is 10.8 Å². The molecule has 0 radical (unpaired) electrons. The molecule has 0 amide bonds. The highest BCUT2D eigenvalue weighted by molar-refractivity contribution is 9.10. The quantitative estimate of drug-likeness (QED) is 0.463. The average molecular weight is 489 g/mol. The third-order valence-electron chi connectivity index (χ3n) is 10.1. The topological polar surface area (TPSA) is 55.8 Å². The van der Waals surface area contributed by atoms with E-state index in [1.807, 2.05) is 30.3 Å². The fourth-order valence-corrected chi connectivity index (χ4v) is 9.93. The Balaban J connectivity index is 1.26. The van der Waals surface area contributed by atoms with E-state index < -0.39 is 0 Å². The summed E-state index contributed by atoms with van der Waals surface area (Å²) in [6.07, 6.45) is 8.24. The SMILES string of the molecule is C[C@]12CC[C@H]3[C@@H](C[C@@H]4OC[C@@]35CC[C@@H](O)C[C@]45Br)[C@@H]1CC[C@@H]2OC(=O)c1ccccc1. The third kappa shape index (κ3) is 2.75. The minimum Gasteiger partial charge on any atom is -0.458 e. The first-order valence-corrected chi connectivity index (χ1v) is 12.9. The van der Waals surface area contributed by atoms with E-state index in [0.717, 1.165) is 51.6 Å². The molecule has 6 rings (SSSR count). The fraction of sp³-hybridized carbons (Fsp3) is 0.731. The molecule has 1 aromatic carbocycles. The normalized spacial score (nSPS) is 50.3. The second-order valence-electron chi connectivity index (χ2n) is 11.2. The Morgan fingerprint density at radius 2 is 1.94 bits per heavy atom. The van der Waals surface area contributed by atoms with Crippen LogP contribution in [0.2, 0.25) is 0 Å². The summed E-state index contributed by atoms with van der Waals surface area (Å²) in [5.74, 6) is 1.68. The van der Waals surface area contributed by atoms with Gasteiger partial charge in [-0.1, -0.05) is 41.1 Å². The number of esters is 1. The Hall–Kier alpha value is -0.910. The highest BCUT2D eigenvalue weighted by Gasteiger charge is 2.72. The molecule has 1 saturated heterocycles. The van der Waals surface area contributed by atoms with E-state index in [2.05, 4.69) is 22.9 Å². The Labute approximate surface area is 193 Å². The number of hydrogen-bond donors (Lipinski definition) is 1. The molecule has 31 heavy (non-hydrogen) atoms. The maximum Gasteiger partial charge on any atom is 0.338 e. The molecule has 4 aliphatic carbocycles. The van der Waals surface area contributed by atoms with Crippen LogP contribution < -0.4 is 0 Å². The number of halogens is 1. The number of aliphatic hydroxyl groups excluding tert-OH is 1. The van der Waals surface area contributed by atoms with Gasteiger partial charge < -0.3 is 14.6 Å². The van der Waals surface area contributed by atoms with Gasteiger partial charge in [-0.2, -0.15) is 0 Å². The van der Waals surface area contributed by atoms with E-state index in [1.165, 1.54) is 6.42 Å². The minimum absolute atomic E-state index is 0.00561. The van der Waals surface area contributed by atoms with Gasteiger partial charge in [-0.15, -0.1) is 0 Å². The van der Waals surface area contributed by atoms with Gasteiger partial charge in [-0.3, -0.25) is 0 Å². The Morgan fingerprint density at radius 1 is 1.13 bits per heavy atom. The van der Waals surface area contributed by atoms with Crippen molar-refractivity contribution in [2.45, 2.75) is 80.9 Å². The van der Waals surface area contributed by atoms with Gasteiger partial charge in [-0.05, 0) is 81.3 Å². The summed E-state index contributed by atoms with van der Waals surface area (Å²) in [7, 11) is 0. The van der Waals surface area contributed by atoms with Crippen molar-refractivity contribution < 1.29 is 19.4 Å². The molecule has 4 saturated carbocycles. The summed E-state index contributed by atoms with van der Waals surface area (Å²) >= 11 is 4.16. The van der Waals surface area contributed by atoms with E-state index in [0.29, 0.717) is 23.3 Å². The second kappa shape index (κ2) is 7.04. The van der Waals surface area contributed by atoms with Gasteiger partial charge in [0.15, 0.2) is 0 Å². The predicted octanol–water partition coefficient (Wildman–Crippen LogP) is 5.12. The van der Waals surface area contributed by atoms with Gasteiger partial charge in [0.05, 0.1) is 28.7 Å². The lowest BCUT2D eigenvalue weighted by molar-refractivity contribution is -0.114. The molecule has 5 fully saturated rings. The minimum atomic E-state index is -0.213. The van der Waals surface area contributed by atoms with Gasteiger partial charge in [0.25, 0.3) is 0 Å². The van der Waals surface area contributed by atoms with E-state index in [-0.39, 0.29) is 39.4 Å². The van der Waals surface area contributed by atoms with Crippen LogP contribution in [0.25, 0.3) is 0 Å². The van der Waals surface area contributed by atoms with E-state index in [1.54, 1.807) is 0 Å². The Kier molecular flexibility index (Phi) is 4.70. The van der Waals surface area contributed by atoms with E-state index in [4.69, 9.17) is 9.47 Å². The average Bonchev–Trinajstić information content (AvgIpc) is 3.16. The number of rotatable bonds is 2. The fourth-order valence-electron chi connectivity index (χ4n) is 8.63. The Morgan fingerprint density at radius 3 is 2.74 bits per heavy atom. The monoisotopic (exact) mass is 488 g/mol. The zero-order valence-electron chi connectivity index (χ0n) is 18.3. The van der Waals surface area contributed by atoms with Crippen LogP contribution in [0.5, 0.6) is 0 Å². The van der Waals surface area contributed by atoms with E-state index >= 15 is 0 Å². The van der Waals surface area contributed by atoms with E-state index in [9.17, 15) is 9.90 Å². The molecule has 1 N–H and O–H groups in total. The van der Waals surface area contributed by atoms with Gasteiger partial charge >= 0.3 is 5.97 Å². The molecule has 1 aromatic rings. The molecule has 2 bridgehead atoms. The standard InChI is InChI=1S/C26H33BrO4/c1-24-11-10-20-18(13-22-26(27)14-17(28)9-12-25(20,26)15-30-22)19(24)7-8-21(24)31-23(29)16-5-3-2-4-6-16/h2-6,17-22,28H,7-15H2,1H3/t17-,18+,19+,20+,21+,22+,24+,25+,26+/m1/s1. The molecule has 4 nitrogen and oxygen atoms in total. The molecule has 9 atom stereocenters. The number of benzene rings is 1. The molecule has 1 heterocycles. The number of carbonyl (C=O) groups excluding carboxylic acids is 1. The van der Waals surface area contributed by atoms with Crippen LogP contribution in [0.3, 0.4) is 0 Å². The maximum absolute atomic E-state index is 12.8. The summed E-state index contributed by atoms with van der Waals surface area (Å²) in [6.45, 7) is 3.22.